The molecule has 1 aliphatic rings. The van der Waals surface area contributed by atoms with Crippen molar-refractivity contribution in [3.05, 3.63) is 64.3 Å². The number of nitrogens with zero attached hydrogens (tertiary/aromatic N) is 1. The van der Waals surface area contributed by atoms with Crippen LogP contribution in [0.2, 0.25) is 5.02 Å². The number of hydrogen-bond acceptors (Lipinski definition) is 5. The number of carbonyl (C=O) groups excluding carboxylic acids is 2. The van der Waals surface area contributed by atoms with E-state index >= 15 is 0 Å². The van der Waals surface area contributed by atoms with Gasteiger partial charge in [0.15, 0.2) is 0 Å². The van der Waals surface area contributed by atoms with Crippen molar-refractivity contribution < 1.29 is 19.1 Å². The molecule has 6 nitrogen and oxygen atoms in total. The molecule has 0 unspecified atom stereocenters. The Labute approximate surface area is 194 Å². The first-order valence-electron chi connectivity index (χ1n) is 10.8. The van der Waals surface area contributed by atoms with Crippen LogP contribution in [0.25, 0.3) is 5.57 Å². The molecule has 1 N–H and O–H groups in total. The van der Waals surface area contributed by atoms with Crippen LogP contribution in [0, 0.1) is 6.92 Å². The molecule has 0 bridgehead atoms. The van der Waals surface area contributed by atoms with Crippen molar-refractivity contribution in [3.63, 3.8) is 0 Å². The standard InChI is InChI=1S/C25H29ClN2O4/c1-5-13-32-20-10-7-18(8-11-20)22-23(27-21-15-19(26)9-6-17(21)4)25(30)28(24(22)29)12-14-31-16(2)3/h6-11,15-16,27H,5,12-14H2,1-4H3. The highest BCUT2D eigenvalue weighted by molar-refractivity contribution is 6.36. The van der Waals surface area contributed by atoms with E-state index in [2.05, 4.69) is 5.32 Å². The molecule has 170 valence electrons. The van der Waals surface area contributed by atoms with Gasteiger partial charge in [-0.1, -0.05) is 36.7 Å². The summed E-state index contributed by atoms with van der Waals surface area (Å²) in [4.78, 5) is 27.8. The normalized spacial score (nSPS) is 14.0. The number of aryl methyl sites for hydroxylation is 1. The molecule has 0 saturated heterocycles. The Morgan fingerprint density at radius 1 is 1.03 bits per heavy atom. The fraction of sp³-hybridized carbons (Fsp3) is 0.360. The largest absolute Gasteiger partial charge is 0.494 e. The Morgan fingerprint density at radius 2 is 1.75 bits per heavy atom. The molecule has 0 fully saturated rings. The molecule has 1 heterocycles. The number of amides is 2. The highest BCUT2D eigenvalue weighted by Crippen LogP contribution is 2.32. The minimum absolute atomic E-state index is 0.0117. The fourth-order valence-electron chi connectivity index (χ4n) is 3.34. The zero-order valence-corrected chi connectivity index (χ0v) is 19.7. The van der Waals surface area contributed by atoms with E-state index in [1.54, 1.807) is 24.3 Å². The van der Waals surface area contributed by atoms with Crippen molar-refractivity contribution in [1.82, 2.24) is 4.90 Å². The molecular formula is C25H29ClN2O4. The van der Waals surface area contributed by atoms with E-state index in [0.29, 0.717) is 28.5 Å². The zero-order valence-electron chi connectivity index (χ0n) is 18.9. The van der Waals surface area contributed by atoms with Crippen LogP contribution in [0.15, 0.2) is 48.2 Å². The number of hydrogen-bond donors (Lipinski definition) is 1. The molecule has 0 aliphatic carbocycles. The smallest absolute Gasteiger partial charge is 0.278 e. The summed E-state index contributed by atoms with van der Waals surface area (Å²) in [5.41, 5.74) is 2.77. The van der Waals surface area contributed by atoms with E-state index in [9.17, 15) is 9.59 Å². The predicted octanol–water partition coefficient (Wildman–Crippen LogP) is 5.05. The van der Waals surface area contributed by atoms with Crippen LogP contribution < -0.4 is 10.1 Å². The number of ether oxygens (including phenoxy) is 2. The average Bonchev–Trinajstić information content (AvgIpc) is 2.99. The van der Waals surface area contributed by atoms with Crippen LogP contribution >= 0.6 is 11.6 Å². The lowest BCUT2D eigenvalue weighted by atomic mass is 10.0. The highest BCUT2D eigenvalue weighted by Gasteiger charge is 2.39. The van der Waals surface area contributed by atoms with Crippen LogP contribution in [0.1, 0.15) is 38.3 Å². The van der Waals surface area contributed by atoms with E-state index in [-0.39, 0.29) is 36.8 Å². The lowest BCUT2D eigenvalue weighted by molar-refractivity contribution is -0.137. The van der Waals surface area contributed by atoms with Crippen LogP contribution in [-0.2, 0) is 14.3 Å². The second-order valence-corrected chi connectivity index (χ2v) is 8.33. The molecule has 1 aliphatic heterocycles. The number of imide groups is 1. The highest BCUT2D eigenvalue weighted by atomic mass is 35.5. The molecule has 2 aromatic rings. The van der Waals surface area contributed by atoms with Crippen LogP contribution in [0.5, 0.6) is 5.75 Å². The number of nitrogens with one attached hydrogen (secondary N) is 1. The van der Waals surface area contributed by atoms with Gasteiger partial charge in [0.1, 0.15) is 11.4 Å². The number of anilines is 1. The molecule has 7 heteroatoms. The average molecular weight is 457 g/mol. The molecule has 2 aromatic carbocycles. The molecule has 3 rings (SSSR count). The van der Waals surface area contributed by atoms with Crippen LogP contribution in [0.4, 0.5) is 5.69 Å². The maximum atomic E-state index is 13.3. The summed E-state index contributed by atoms with van der Waals surface area (Å²) in [6.07, 6.45) is 0.915. The Hall–Kier alpha value is -2.83. The van der Waals surface area contributed by atoms with Crippen molar-refractivity contribution in [2.45, 2.75) is 40.2 Å². The van der Waals surface area contributed by atoms with E-state index in [1.807, 2.05) is 45.9 Å². The van der Waals surface area contributed by atoms with Gasteiger partial charge in [0.25, 0.3) is 11.8 Å². The number of halogens is 1. The first-order chi connectivity index (χ1) is 15.3. The summed E-state index contributed by atoms with van der Waals surface area (Å²) in [6.45, 7) is 8.84. The number of rotatable bonds is 10. The molecule has 0 saturated carbocycles. The van der Waals surface area contributed by atoms with E-state index in [0.717, 1.165) is 17.7 Å². The number of carbonyl (C=O) groups is 2. The molecule has 0 spiro atoms. The van der Waals surface area contributed by atoms with Gasteiger partial charge in [0, 0.05) is 10.7 Å². The molecule has 2 amide bonds. The van der Waals surface area contributed by atoms with E-state index in [1.165, 1.54) is 4.90 Å². The first-order valence-corrected chi connectivity index (χ1v) is 11.2. The lowest BCUT2D eigenvalue weighted by Crippen LogP contribution is -2.35. The van der Waals surface area contributed by atoms with Gasteiger partial charge in [-0.2, -0.15) is 0 Å². The first kappa shape index (κ1) is 23.8. The van der Waals surface area contributed by atoms with Crippen LogP contribution in [0.3, 0.4) is 0 Å². The van der Waals surface area contributed by atoms with E-state index in [4.69, 9.17) is 21.1 Å². The second-order valence-electron chi connectivity index (χ2n) is 7.89. The molecule has 0 atom stereocenters. The number of benzene rings is 2. The quantitative estimate of drug-likeness (QED) is 0.506. The topological polar surface area (TPSA) is 67.9 Å². The zero-order chi connectivity index (χ0) is 23.3. The van der Waals surface area contributed by atoms with Gasteiger partial charge in [-0.3, -0.25) is 14.5 Å². The molecule has 0 radical (unpaired) electrons. The third-order valence-corrected chi connectivity index (χ3v) is 5.24. The van der Waals surface area contributed by atoms with Gasteiger partial charge in [-0.05, 0) is 62.6 Å². The van der Waals surface area contributed by atoms with Crippen molar-refractivity contribution >= 4 is 34.7 Å². The minimum Gasteiger partial charge on any atom is -0.494 e. The predicted molar refractivity (Wildman–Crippen MR) is 127 cm³/mol. The second kappa shape index (κ2) is 10.7. The van der Waals surface area contributed by atoms with Crippen molar-refractivity contribution in [2.75, 3.05) is 25.1 Å². The van der Waals surface area contributed by atoms with Gasteiger partial charge in [0.2, 0.25) is 0 Å². The van der Waals surface area contributed by atoms with Crippen molar-refractivity contribution in [1.29, 1.82) is 0 Å². The lowest BCUT2D eigenvalue weighted by Gasteiger charge is -2.16. The Bertz CT molecular complexity index is 1020. The Kier molecular flexibility index (Phi) is 7.94. The third-order valence-electron chi connectivity index (χ3n) is 5.01. The van der Waals surface area contributed by atoms with Gasteiger partial charge in [0.05, 0.1) is 31.4 Å². The maximum absolute atomic E-state index is 13.3. The van der Waals surface area contributed by atoms with Gasteiger partial charge < -0.3 is 14.8 Å². The van der Waals surface area contributed by atoms with Gasteiger partial charge in [-0.25, -0.2) is 0 Å². The summed E-state index contributed by atoms with van der Waals surface area (Å²) < 4.78 is 11.2. The third kappa shape index (κ3) is 5.50. The minimum atomic E-state index is -0.386. The van der Waals surface area contributed by atoms with E-state index < -0.39 is 0 Å². The Balaban J connectivity index is 1.96. The molecular weight excluding hydrogens is 428 g/mol. The summed E-state index contributed by atoms with van der Waals surface area (Å²) in [5, 5.41) is 3.71. The van der Waals surface area contributed by atoms with Gasteiger partial charge in [-0.15, -0.1) is 0 Å². The van der Waals surface area contributed by atoms with Crippen LogP contribution in [-0.4, -0.2) is 42.6 Å². The maximum Gasteiger partial charge on any atom is 0.278 e. The summed E-state index contributed by atoms with van der Waals surface area (Å²) >= 11 is 6.16. The summed E-state index contributed by atoms with van der Waals surface area (Å²) in [6, 6.07) is 12.6. The fourth-order valence-corrected chi connectivity index (χ4v) is 3.52. The monoisotopic (exact) mass is 456 g/mol. The van der Waals surface area contributed by atoms with Crippen molar-refractivity contribution in [2.24, 2.45) is 0 Å². The van der Waals surface area contributed by atoms with Gasteiger partial charge >= 0.3 is 0 Å². The Morgan fingerprint density at radius 3 is 2.41 bits per heavy atom. The molecule has 32 heavy (non-hydrogen) atoms. The SMILES string of the molecule is CCCOc1ccc(C2=C(Nc3cc(Cl)ccc3C)C(=O)N(CCOC(C)C)C2=O)cc1. The summed E-state index contributed by atoms with van der Waals surface area (Å²) in [7, 11) is 0. The van der Waals surface area contributed by atoms with Crippen molar-refractivity contribution in [3.8, 4) is 5.75 Å². The molecule has 0 aromatic heterocycles. The summed E-state index contributed by atoms with van der Waals surface area (Å²) in [5.74, 6) is -0.0230.